The Bertz CT molecular complexity index is 2060. The predicted octanol–water partition coefficient (Wildman–Crippen LogP) is 6.07. The van der Waals surface area contributed by atoms with E-state index in [0.29, 0.717) is 45.2 Å². The van der Waals surface area contributed by atoms with Crippen molar-refractivity contribution < 1.29 is 19.0 Å². The first kappa shape index (κ1) is 31.0. The molecule has 6 rings (SSSR count). The van der Waals surface area contributed by atoms with E-state index in [2.05, 4.69) is 10.2 Å². The molecule has 0 fully saturated rings. The molecule has 4 aromatic carbocycles. The molecule has 2 aromatic heterocycles. The van der Waals surface area contributed by atoms with Crippen LogP contribution in [-0.4, -0.2) is 39.2 Å². The minimum Gasteiger partial charge on any atom is -0.496 e. The molecule has 0 saturated heterocycles. The number of H-pyrrole nitrogens is 2. The summed E-state index contributed by atoms with van der Waals surface area (Å²) in [6.07, 6.45) is 0. The van der Waals surface area contributed by atoms with Crippen LogP contribution in [0.2, 0.25) is 0 Å². The van der Waals surface area contributed by atoms with Crippen molar-refractivity contribution in [3.05, 3.63) is 157 Å². The number of benzene rings is 4. The molecule has 0 unspecified atom stereocenters. The number of aryl methyl sites for hydroxylation is 2. The van der Waals surface area contributed by atoms with Gasteiger partial charge < -0.3 is 14.2 Å². The Hall–Kier alpha value is -6.03. The van der Waals surface area contributed by atoms with Gasteiger partial charge in [0, 0.05) is 17.3 Å². The van der Waals surface area contributed by atoms with Crippen LogP contribution < -0.4 is 25.3 Å². The quantitative estimate of drug-likeness (QED) is 0.140. The van der Waals surface area contributed by atoms with Gasteiger partial charge in [-0.15, -0.1) is 0 Å². The van der Waals surface area contributed by atoms with E-state index in [9.17, 15) is 14.4 Å². The summed E-state index contributed by atoms with van der Waals surface area (Å²) in [5.41, 5.74) is 3.57. The van der Waals surface area contributed by atoms with Crippen molar-refractivity contribution in [1.82, 2.24) is 19.6 Å². The lowest BCUT2D eigenvalue weighted by atomic mass is 9.85. The third-order valence-electron chi connectivity index (χ3n) is 7.97. The van der Waals surface area contributed by atoms with Crippen molar-refractivity contribution >= 4 is 5.97 Å². The molecular formula is C37H34N4O6. The zero-order valence-electron chi connectivity index (χ0n) is 26.4. The highest BCUT2D eigenvalue weighted by Gasteiger charge is 2.32. The Balaban J connectivity index is 1.53. The molecule has 0 bridgehead atoms. The maximum absolute atomic E-state index is 14.2. The zero-order valence-corrected chi connectivity index (χ0v) is 26.4. The number of para-hydroxylation sites is 3. The molecule has 238 valence electrons. The first-order chi connectivity index (χ1) is 22.8. The summed E-state index contributed by atoms with van der Waals surface area (Å²) in [7, 11) is 1.48. The van der Waals surface area contributed by atoms with E-state index in [1.165, 1.54) is 16.5 Å². The fourth-order valence-electron chi connectivity index (χ4n) is 5.82. The van der Waals surface area contributed by atoms with E-state index in [-0.39, 0.29) is 34.8 Å². The summed E-state index contributed by atoms with van der Waals surface area (Å²) in [6, 6.07) is 30.3. The number of esters is 1. The van der Waals surface area contributed by atoms with Crippen molar-refractivity contribution in [2.45, 2.75) is 26.7 Å². The number of ether oxygens (including phenoxy) is 3. The van der Waals surface area contributed by atoms with E-state index < -0.39 is 11.9 Å². The van der Waals surface area contributed by atoms with Gasteiger partial charge in [-0.05, 0) is 74.9 Å². The van der Waals surface area contributed by atoms with E-state index in [1.54, 1.807) is 42.5 Å². The third kappa shape index (κ3) is 5.88. The van der Waals surface area contributed by atoms with Gasteiger partial charge in [0.15, 0.2) is 11.5 Å². The molecule has 0 radical (unpaired) electrons. The molecule has 47 heavy (non-hydrogen) atoms. The summed E-state index contributed by atoms with van der Waals surface area (Å²) in [4.78, 5) is 41.6. The van der Waals surface area contributed by atoms with Gasteiger partial charge in [0.1, 0.15) is 11.3 Å². The molecule has 0 spiro atoms. The Labute approximate surface area is 270 Å². The standard InChI is InChI=1S/C37H34N4O6/c1-5-46-31-22-25(20-21-30(31)47-37(44)28-18-12-13-19-29(28)45-4)34(32-23(2)38-40(35(32)42)26-14-8-6-9-15-26)33-24(3)39-41(36(33)43)27-16-10-7-11-17-27/h6-22,34,38-39H,5H2,1-4H3. The Morgan fingerprint density at radius 3 is 1.77 bits per heavy atom. The number of hydrogen-bond donors (Lipinski definition) is 2. The second-order valence-corrected chi connectivity index (χ2v) is 10.9. The normalized spacial score (nSPS) is 11.1. The number of hydrogen-bond acceptors (Lipinski definition) is 6. The number of aromatic nitrogens is 4. The first-order valence-electron chi connectivity index (χ1n) is 15.2. The van der Waals surface area contributed by atoms with Crippen LogP contribution in [-0.2, 0) is 0 Å². The van der Waals surface area contributed by atoms with Crippen LogP contribution in [0.3, 0.4) is 0 Å². The Morgan fingerprint density at radius 1 is 0.702 bits per heavy atom. The SMILES string of the molecule is CCOc1cc(C(c2c(C)[nH]n(-c3ccccc3)c2=O)c2c(C)[nH]n(-c3ccccc3)c2=O)ccc1OC(=O)c1ccccc1OC. The molecule has 2 heterocycles. The van der Waals surface area contributed by atoms with Crippen molar-refractivity contribution in [3.63, 3.8) is 0 Å². The maximum Gasteiger partial charge on any atom is 0.347 e. The summed E-state index contributed by atoms with van der Waals surface area (Å²) in [6.45, 7) is 5.72. The molecule has 10 nitrogen and oxygen atoms in total. The number of methoxy groups -OCH3 is 1. The largest absolute Gasteiger partial charge is 0.496 e. The van der Waals surface area contributed by atoms with Crippen LogP contribution in [0.25, 0.3) is 11.4 Å². The van der Waals surface area contributed by atoms with Gasteiger partial charge in [0.2, 0.25) is 0 Å². The second-order valence-electron chi connectivity index (χ2n) is 10.9. The lowest BCUT2D eigenvalue weighted by Gasteiger charge is -2.19. The van der Waals surface area contributed by atoms with E-state index in [4.69, 9.17) is 14.2 Å². The molecule has 6 aromatic rings. The fourth-order valence-corrected chi connectivity index (χ4v) is 5.82. The number of carbonyl (C=O) groups is 1. The average Bonchev–Trinajstić information content (AvgIpc) is 3.56. The summed E-state index contributed by atoms with van der Waals surface area (Å²) in [5.74, 6) is -0.582. The van der Waals surface area contributed by atoms with Gasteiger partial charge in [0.25, 0.3) is 11.1 Å². The number of aromatic amines is 2. The molecule has 0 aliphatic carbocycles. The van der Waals surface area contributed by atoms with Crippen LogP contribution >= 0.6 is 0 Å². The van der Waals surface area contributed by atoms with Crippen LogP contribution in [0.5, 0.6) is 17.2 Å². The van der Waals surface area contributed by atoms with Gasteiger partial charge >= 0.3 is 5.97 Å². The molecule has 0 aliphatic heterocycles. The first-order valence-corrected chi connectivity index (χ1v) is 15.2. The van der Waals surface area contributed by atoms with E-state index in [0.717, 1.165) is 0 Å². The lowest BCUT2D eigenvalue weighted by Crippen LogP contribution is -2.25. The van der Waals surface area contributed by atoms with Crippen LogP contribution in [0.4, 0.5) is 0 Å². The number of rotatable bonds is 10. The molecule has 2 N–H and O–H groups in total. The molecular weight excluding hydrogens is 596 g/mol. The third-order valence-corrected chi connectivity index (χ3v) is 7.97. The minimum absolute atomic E-state index is 0.185. The van der Waals surface area contributed by atoms with Crippen LogP contribution in [0.1, 0.15) is 51.3 Å². The topological polar surface area (TPSA) is 120 Å². The second kappa shape index (κ2) is 13.1. The Morgan fingerprint density at radius 2 is 1.23 bits per heavy atom. The van der Waals surface area contributed by atoms with Gasteiger partial charge in [0.05, 0.1) is 36.2 Å². The highest BCUT2D eigenvalue weighted by molar-refractivity contribution is 5.94. The van der Waals surface area contributed by atoms with E-state index in [1.807, 2.05) is 81.4 Å². The number of carbonyl (C=O) groups excluding carboxylic acids is 1. The van der Waals surface area contributed by atoms with Crippen molar-refractivity contribution in [2.75, 3.05) is 13.7 Å². The Kier molecular flexibility index (Phi) is 8.66. The highest BCUT2D eigenvalue weighted by atomic mass is 16.6. The maximum atomic E-state index is 14.2. The van der Waals surface area contributed by atoms with Gasteiger partial charge in [-0.3, -0.25) is 19.8 Å². The fraction of sp³-hybridized carbons (Fsp3) is 0.162. The van der Waals surface area contributed by atoms with Gasteiger partial charge in [-0.25, -0.2) is 14.2 Å². The highest BCUT2D eigenvalue weighted by Crippen LogP contribution is 2.38. The molecule has 10 heteroatoms. The number of nitrogens with zero attached hydrogens (tertiary/aromatic N) is 2. The van der Waals surface area contributed by atoms with Crippen molar-refractivity contribution in [3.8, 4) is 28.6 Å². The van der Waals surface area contributed by atoms with Crippen LogP contribution in [0.15, 0.2) is 113 Å². The van der Waals surface area contributed by atoms with Crippen LogP contribution in [0, 0.1) is 13.8 Å². The molecule has 0 saturated carbocycles. The van der Waals surface area contributed by atoms with E-state index >= 15 is 0 Å². The summed E-state index contributed by atoms with van der Waals surface area (Å²) >= 11 is 0. The monoisotopic (exact) mass is 630 g/mol. The predicted molar refractivity (Wildman–Crippen MR) is 179 cm³/mol. The van der Waals surface area contributed by atoms with Gasteiger partial charge in [-0.2, -0.15) is 0 Å². The smallest absolute Gasteiger partial charge is 0.347 e. The van der Waals surface area contributed by atoms with Crippen molar-refractivity contribution in [2.24, 2.45) is 0 Å². The molecule has 0 amide bonds. The summed E-state index contributed by atoms with van der Waals surface area (Å²) in [5, 5.41) is 6.41. The molecule has 0 aliphatic rings. The zero-order chi connectivity index (χ0) is 33.1. The molecule has 0 atom stereocenters. The summed E-state index contributed by atoms with van der Waals surface area (Å²) < 4.78 is 20.1. The average molecular weight is 631 g/mol. The number of nitrogens with one attached hydrogen (secondary N) is 2. The minimum atomic E-state index is -0.810. The lowest BCUT2D eigenvalue weighted by molar-refractivity contribution is 0.0725. The van der Waals surface area contributed by atoms with Gasteiger partial charge in [-0.1, -0.05) is 54.6 Å². The van der Waals surface area contributed by atoms with Crippen molar-refractivity contribution in [1.29, 1.82) is 0 Å².